The quantitative estimate of drug-likeness (QED) is 0.788. The zero-order valence-corrected chi connectivity index (χ0v) is 8.54. The van der Waals surface area contributed by atoms with Gasteiger partial charge in [-0.05, 0) is 37.1 Å². The predicted molar refractivity (Wildman–Crippen MR) is 55.2 cm³/mol. The van der Waals surface area contributed by atoms with Crippen molar-refractivity contribution in [3.05, 3.63) is 29.3 Å². The van der Waals surface area contributed by atoms with E-state index in [1.807, 2.05) is 32.0 Å². The Labute approximate surface area is 83.9 Å². The molecular weight excluding hydrogens is 178 g/mol. The van der Waals surface area contributed by atoms with E-state index in [1.54, 1.807) is 0 Å². The maximum atomic E-state index is 10.5. The van der Waals surface area contributed by atoms with E-state index in [4.69, 9.17) is 10.5 Å². The van der Waals surface area contributed by atoms with Crippen molar-refractivity contribution in [2.24, 2.45) is 5.73 Å². The molecule has 0 heterocycles. The Bertz CT molecular complexity index is 334. The summed E-state index contributed by atoms with van der Waals surface area (Å²) in [6.45, 7) is 4.41. The molecule has 76 valence electrons. The summed E-state index contributed by atoms with van der Waals surface area (Å²) < 4.78 is 5.35. The molecule has 0 bridgehead atoms. The zero-order valence-electron chi connectivity index (χ0n) is 8.54. The van der Waals surface area contributed by atoms with Gasteiger partial charge >= 0.3 is 0 Å². The van der Waals surface area contributed by atoms with E-state index in [0.29, 0.717) is 6.61 Å². The van der Waals surface area contributed by atoms with Crippen LogP contribution in [0.25, 0.3) is 0 Å². The fourth-order valence-corrected chi connectivity index (χ4v) is 1.07. The summed E-state index contributed by atoms with van der Waals surface area (Å²) in [6, 6.07) is 5.84. The van der Waals surface area contributed by atoms with Crippen LogP contribution in [0.4, 0.5) is 0 Å². The largest absolute Gasteiger partial charge is 0.493 e. The van der Waals surface area contributed by atoms with Gasteiger partial charge in [0.15, 0.2) is 0 Å². The molecule has 0 aliphatic heterocycles. The van der Waals surface area contributed by atoms with Crippen LogP contribution >= 0.6 is 0 Å². The van der Waals surface area contributed by atoms with Gasteiger partial charge in [0, 0.05) is 0 Å². The Hall–Kier alpha value is -1.51. The highest BCUT2D eigenvalue weighted by Gasteiger charge is 1.98. The molecule has 0 saturated heterocycles. The SMILES string of the molecule is Cc1ccc(OCCC(N)=O)cc1C. The Morgan fingerprint density at radius 1 is 1.36 bits per heavy atom. The third kappa shape index (κ3) is 3.09. The van der Waals surface area contributed by atoms with Gasteiger partial charge in [-0.25, -0.2) is 0 Å². The van der Waals surface area contributed by atoms with E-state index in [9.17, 15) is 4.79 Å². The average Bonchev–Trinajstić information content (AvgIpc) is 2.10. The zero-order chi connectivity index (χ0) is 10.6. The van der Waals surface area contributed by atoms with Crippen LogP contribution in [-0.2, 0) is 4.79 Å². The number of carbonyl (C=O) groups is 1. The number of nitrogens with two attached hydrogens (primary N) is 1. The van der Waals surface area contributed by atoms with Crippen molar-refractivity contribution in [1.82, 2.24) is 0 Å². The van der Waals surface area contributed by atoms with Crippen LogP contribution < -0.4 is 10.5 Å². The molecular formula is C11H15NO2. The number of carbonyl (C=O) groups excluding carboxylic acids is 1. The Morgan fingerprint density at radius 2 is 2.07 bits per heavy atom. The molecule has 14 heavy (non-hydrogen) atoms. The minimum atomic E-state index is -0.339. The number of amides is 1. The molecule has 1 rings (SSSR count). The number of ether oxygens (including phenoxy) is 1. The van der Waals surface area contributed by atoms with Crippen LogP contribution in [0, 0.1) is 13.8 Å². The fourth-order valence-electron chi connectivity index (χ4n) is 1.07. The molecule has 3 nitrogen and oxygen atoms in total. The number of hydrogen-bond donors (Lipinski definition) is 1. The van der Waals surface area contributed by atoms with E-state index in [-0.39, 0.29) is 12.3 Å². The van der Waals surface area contributed by atoms with Gasteiger partial charge in [0.25, 0.3) is 0 Å². The summed E-state index contributed by atoms with van der Waals surface area (Å²) in [5, 5.41) is 0. The topological polar surface area (TPSA) is 52.3 Å². The molecule has 0 spiro atoms. The van der Waals surface area contributed by atoms with Crippen LogP contribution in [0.5, 0.6) is 5.75 Å². The minimum Gasteiger partial charge on any atom is -0.493 e. The van der Waals surface area contributed by atoms with Crippen LogP contribution in [0.1, 0.15) is 17.5 Å². The van der Waals surface area contributed by atoms with E-state index in [2.05, 4.69) is 0 Å². The first-order valence-electron chi connectivity index (χ1n) is 4.58. The van der Waals surface area contributed by atoms with Crippen molar-refractivity contribution < 1.29 is 9.53 Å². The Balaban J connectivity index is 2.51. The number of primary amides is 1. The Kier molecular flexibility index (Phi) is 3.51. The second-order valence-corrected chi connectivity index (χ2v) is 3.31. The maximum absolute atomic E-state index is 10.5. The molecule has 0 aliphatic carbocycles. The first-order valence-corrected chi connectivity index (χ1v) is 4.58. The second-order valence-electron chi connectivity index (χ2n) is 3.31. The lowest BCUT2D eigenvalue weighted by molar-refractivity contribution is -0.118. The first-order chi connectivity index (χ1) is 6.59. The molecule has 1 amide bonds. The average molecular weight is 193 g/mol. The van der Waals surface area contributed by atoms with Gasteiger partial charge in [0.1, 0.15) is 5.75 Å². The minimum absolute atomic E-state index is 0.257. The molecule has 0 unspecified atom stereocenters. The standard InChI is InChI=1S/C11H15NO2/c1-8-3-4-10(7-9(8)2)14-6-5-11(12)13/h3-4,7H,5-6H2,1-2H3,(H2,12,13). The van der Waals surface area contributed by atoms with Gasteiger partial charge in [0.2, 0.25) is 5.91 Å². The van der Waals surface area contributed by atoms with Crippen molar-refractivity contribution in [3.63, 3.8) is 0 Å². The molecule has 2 N–H and O–H groups in total. The number of benzene rings is 1. The van der Waals surface area contributed by atoms with Crippen molar-refractivity contribution in [2.75, 3.05) is 6.61 Å². The molecule has 0 aliphatic rings. The van der Waals surface area contributed by atoms with E-state index in [1.165, 1.54) is 11.1 Å². The van der Waals surface area contributed by atoms with Crippen molar-refractivity contribution >= 4 is 5.91 Å². The van der Waals surface area contributed by atoms with Crippen LogP contribution in [0.3, 0.4) is 0 Å². The lowest BCUT2D eigenvalue weighted by Crippen LogP contribution is -2.14. The van der Waals surface area contributed by atoms with E-state index >= 15 is 0 Å². The summed E-state index contributed by atoms with van der Waals surface area (Å²) in [5.74, 6) is 0.447. The van der Waals surface area contributed by atoms with Gasteiger partial charge in [-0.3, -0.25) is 4.79 Å². The summed E-state index contributed by atoms with van der Waals surface area (Å²) in [6.07, 6.45) is 0.257. The number of aryl methyl sites for hydroxylation is 2. The summed E-state index contributed by atoms with van der Waals surface area (Å²) >= 11 is 0. The monoisotopic (exact) mass is 193 g/mol. The van der Waals surface area contributed by atoms with Crippen LogP contribution in [0.15, 0.2) is 18.2 Å². The lowest BCUT2D eigenvalue weighted by atomic mass is 10.1. The van der Waals surface area contributed by atoms with Gasteiger partial charge in [-0.2, -0.15) is 0 Å². The third-order valence-corrected chi connectivity index (χ3v) is 2.10. The molecule has 1 aromatic rings. The molecule has 0 saturated carbocycles. The van der Waals surface area contributed by atoms with E-state index < -0.39 is 0 Å². The maximum Gasteiger partial charge on any atom is 0.220 e. The van der Waals surface area contributed by atoms with E-state index in [0.717, 1.165) is 5.75 Å². The van der Waals surface area contributed by atoms with Crippen molar-refractivity contribution in [2.45, 2.75) is 20.3 Å². The van der Waals surface area contributed by atoms with Gasteiger partial charge in [-0.15, -0.1) is 0 Å². The lowest BCUT2D eigenvalue weighted by Gasteiger charge is -2.06. The normalized spacial score (nSPS) is 9.86. The van der Waals surface area contributed by atoms with Gasteiger partial charge < -0.3 is 10.5 Å². The number of rotatable bonds is 4. The highest BCUT2D eigenvalue weighted by molar-refractivity contribution is 5.73. The summed E-state index contributed by atoms with van der Waals surface area (Å²) in [7, 11) is 0. The molecule has 3 heteroatoms. The smallest absolute Gasteiger partial charge is 0.220 e. The second kappa shape index (κ2) is 4.65. The fraction of sp³-hybridized carbons (Fsp3) is 0.364. The Morgan fingerprint density at radius 3 is 2.64 bits per heavy atom. The molecule has 1 aromatic carbocycles. The highest BCUT2D eigenvalue weighted by atomic mass is 16.5. The predicted octanol–water partition coefficient (Wildman–Crippen LogP) is 1.56. The highest BCUT2D eigenvalue weighted by Crippen LogP contribution is 2.16. The summed E-state index contributed by atoms with van der Waals surface area (Å²) in [4.78, 5) is 10.5. The van der Waals surface area contributed by atoms with Crippen molar-refractivity contribution in [1.29, 1.82) is 0 Å². The molecule has 0 fully saturated rings. The van der Waals surface area contributed by atoms with Crippen LogP contribution in [-0.4, -0.2) is 12.5 Å². The number of hydrogen-bond acceptors (Lipinski definition) is 2. The van der Waals surface area contributed by atoms with Gasteiger partial charge in [-0.1, -0.05) is 6.07 Å². The molecule has 0 aromatic heterocycles. The molecule has 0 atom stereocenters. The van der Waals surface area contributed by atoms with Crippen LogP contribution in [0.2, 0.25) is 0 Å². The van der Waals surface area contributed by atoms with Crippen molar-refractivity contribution in [3.8, 4) is 5.75 Å². The summed E-state index contributed by atoms with van der Waals surface area (Å²) in [5.41, 5.74) is 7.40. The third-order valence-electron chi connectivity index (χ3n) is 2.10. The first kappa shape index (κ1) is 10.6. The van der Waals surface area contributed by atoms with Gasteiger partial charge in [0.05, 0.1) is 13.0 Å². The molecule has 0 radical (unpaired) electrons.